The molecule has 0 aliphatic heterocycles. The molecule has 0 bridgehead atoms. The first-order valence-electron chi connectivity index (χ1n) is 20.1. The molecule has 0 saturated heterocycles. The third kappa shape index (κ3) is 35.4. The van der Waals surface area contributed by atoms with Crippen LogP contribution >= 0.6 is 7.82 Å². The zero-order valence-corrected chi connectivity index (χ0v) is 33.9. The van der Waals surface area contributed by atoms with Gasteiger partial charge < -0.3 is 29.7 Å². The number of hydrogen-bond donors (Lipinski definition) is 4. The van der Waals surface area contributed by atoms with Crippen molar-refractivity contribution in [3.8, 4) is 0 Å². The van der Waals surface area contributed by atoms with Crippen LogP contribution in [0.15, 0.2) is 48.6 Å². The van der Waals surface area contributed by atoms with Gasteiger partial charge in [-0.15, -0.1) is 0 Å². The highest BCUT2D eigenvalue weighted by molar-refractivity contribution is 7.47. The van der Waals surface area contributed by atoms with Crippen LogP contribution in [-0.4, -0.2) is 76.9 Å². The zero-order valence-electron chi connectivity index (χ0n) is 33.0. The van der Waals surface area contributed by atoms with E-state index in [-0.39, 0.29) is 19.4 Å². The number of unbranched alkanes of at least 4 members (excludes halogenated alkanes) is 10. The second-order valence-electron chi connectivity index (χ2n) is 13.8. The van der Waals surface area contributed by atoms with E-state index in [0.717, 1.165) is 63.7 Å². The molecule has 0 aliphatic rings. The average Bonchev–Trinajstić information content (AvgIpc) is 3.14. The lowest BCUT2D eigenvalue weighted by Crippen LogP contribution is -2.29. The molecule has 0 rings (SSSR count). The van der Waals surface area contributed by atoms with Gasteiger partial charge in [-0.05, 0) is 44.4 Å². The molecule has 4 N–H and O–H groups in total. The van der Waals surface area contributed by atoms with E-state index in [4.69, 9.17) is 19.1 Å². The molecule has 0 saturated carbocycles. The molecule has 12 heteroatoms. The Bertz CT molecular complexity index is 1060. The average molecular weight is 773 g/mol. The Labute approximate surface area is 320 Å². The van der Waals surface area contributed by atoms with E-state index in [1.54, 1.807) is 0 Å². The minimum atomic E-state index is -4.64. The molecule has 0 aromatic carbocycles. The van der Waals surface area contributed by atoms with Gasteiger partial charge in [0.05, 0.1) is 25.9 Å². The van der Waals surface area contributed by atoms with Crippen LogP contribution < -0.4 is 0 Å². The Balaban J connectivity index is 4.51. The SMILES string of the molecule is CCCCC[C@H](O)/C=C/C=C\C/C=C\C/C=C\CCCC(=O)O[C@H](COC(=O)CCCCCCCCCCC(C)CC)COP(=O)(O)OC[C@@H](O)CO. The fraction of sp³-hybridized carbons (Fsp3) is 0.756. The normalized spacial score (nSPS) is 15.7. The van der Waals surface area contributed by atoms with Gasteiger partial charge in [0.1, 0.15) is 12.7 Å². The number of ether oxygens (including phenoxy) is 2. The standard InChI is InChI=1S/C41H73O11P/c1-4-6-22-28-37(43)29-24-19-15-10-8-7-9-11-17-21-26-31-41(46)52-39(35-51-53(47,48)50-33-38(44)32-42)34-49-40(45)30-25-20-16-13-12-14-18-23-27-36(3)5-2/h7-8,11,15,17,19,24,29,36-39,42-44H,4-6,9-10,12-14,16,18,20-23,25-28,30-35H2,1-3H3,(H,47,48)/b8-7-,17-11-,19-15-,29-24+/t36?,37-,38-,39+/m0/s1. The number of rotatable bonds is 36. The van der Waals surface area contributed by atoms with Gasteiger partial charge in [-0.3, -0.25) is 18.6 Å². The molecule has 0 heterocycles. The lowest BCUT2D eigenvalue weighted by atomic mass is 9.99. The minimum absolute atomic E-state index is 0.0874. The molecule has 11 nitrogen and oxygen atoms in total. The first-order valence-corrected chi connectivity index (χ1v) is 21.6. The van der Waals surface area contributed by atoms with Gasteiger partial charge in [0.15, 0.2) is 6.10 Å². The fourth-order valence-corrected chi connectivity index (χ4v) is 5.86. The maximum atomic E-state index is 12.6. The summed E-state index contributed by atoms with van der Waals surface area (Å²) >= 11 is 0. The highest BCUT2D eigenvalue weighted by Crippen LogP contribution is 2.43. The van der Waals surface area contributed by atoms with Crippen LogP contribution in [0.2, 0.25) is 0 Å². The molecule has 5 atom stereocenters. The summed E-state index contributed by atoms with van der Waals surface area (Å²) in [5.41, 5.74) is 0. The van der Waals surface area contributed by atoms with Crippen LogP contribution in [0.1, 0.15) is 149 Å². The summed E-state index contributed by atoms with van der Waals surface area (Å²) in [6.45, 7) is 4.46. The predicted octanol–water partition coefficient (Wildman–Crippen LogP) is 8.99. The van der Waals surface area contributed by atoms with E-state index < -0.39 is 57.9 Å². The number of carbonyl (C=O) groups is 2. The maximum Gasteiger partial charge on any atom is 0.472 e. The third-order valence-electron chi connectivity index (χ3n) is 8.63. The van der Waals surface area contributed by atoms with Crippen molar-refractivity contribution in [1.29, 1.82) is 0 Å². The summed E-state index contributed by atoms with van der Waals surface area (Å²) in [5.74, 6) is -0.216. The first kappa shape index (κ1) is 50.9. The molecule has 0 radical (unpaired) electrons. The number of phosphoric ester groups is 1. The van der Waals surface area contributed by atoms with Crippen molar-refractivity contribution >= 4 is 19.8 Å². The summed E-state index contributed by atoms with van der Waals surface area (Å²) in [6.07, 6.45) is 31.3. The van der Waals surface area contributed by atoms with Gasteiger partial charge in [0.25, 0.3) is 0 Å². The van der Waals surface area contributed by atoms with E-state index >= 15 is 0 Å². The van der Waals surface area contributed by atoms with E-state index in [2.05, 4.69) is 37.4 Å². The molecule has 0 amide bonds. The largest absolute Gasteiger partial charge is 0.472 e. The van der Waals surface area contributed by atoms with Crippen LogP contribution in [-0.2, 0) is 32.7 Å². The topological polar surface area (TPSA) is 169 Å². The van der Waals surface area contributed by atoms with Crippen LogP contribution in [0, 0.1) is 5.92 Å². The summed E-state index contributed by atoms with van der Waals surface area (Å²) in [5, 5.41) is 28.2. The molecule has 0 spiro atoms. The van der Waals surface area contributed by atoms with Crippen molar-refractivity contribution in [2.45, 2.75) is 167 Å². The Morgan fingerprint density at radius 1 is 0.698 bits per heavy atom. The number of phosphoric acid groups is 1. The van der Waals surface area contributed by atoms with Crippen molar-refractivity contribution in [3.63, 3.8) is 0 Å². The fourth-order valence-electron chi connectivity index (χ4n) is 5.07. The molecular formula is C41H73O11P. The van der Waals surface area contributed by atoms with E-state index in [9.17, 15) is 29.3 Å². The third-order valence-corrected chi connectivity index (χ3v) is 9.58. The number of aliphatic hydroxyl groups is 3. The van der Waals surface area contributed by atoms with Gasteiger partial charge in [0, 0.05) is 12.8 Å². The lowest BCUT2D eigenvalue weighted by molar-refractivity contribution is -0.161. The molecular weight excluding hydrogens is 699 g/mol. The van der Waals surface area contributed by atoms with E-state index in [1.807, 2.05) is 36.5 Å². The van der Waals surface area contributed by atoms with Crippen LogP contribution in [0.25, 0.3) is 0 Å². The van der Waals surface area contributed by atoms with Crippen molar-refractivity contribution < 1.29 is 52.9 Å². The highest BCUT2D eigenvalue weighted by atomic mass is 31.2. The van der Waals surface area contributed by atoms with Gasteiger partial charge in [0.2, 0.25) is 0 Å². The number of carbonyl (C=O) groups excluding carboxylic acids is 2. The molecule has 308 valence electrons. The van der Waals surface area contributed by atoms with Gasteiger partial charge in [-0.25, -0.2) is 4.57 Å². The van der Waals surface area contributed by atoms with E-state index in [1.165, 1.54) is 38.5 Å². The van der Waals surface area contributed by atoms with Crippen molar-refractivity contribution in [1.82, 2.24) is 0 Å². The molecule has 0 aliphatic carbocycles. The summed E-state index contributed by atoms with van der Waals surface area (Å²) in [7, 11) is -4.64. The van der Waals surface area contributed by atoms with Crippen LogP contribution in [0.3, 0.4) is 0 Å². The molecule has 53 heavy (non-hydrogen) atoms. The number of hydrogen-bond acceptors (Lipinski definition) is 10. The lowest BCUT2D eigenvalue weighted by Gasteiger charge is -2.20. The molecule has 0 aromatic rings. The van der Waals surface area contributed by atoms with Crippen molar-refractivity contribution in [2.24, 2.45) is 5.92 Å². The summed E-state index contributed by atoms with van der Waals surface area (Å²) in [6, 6.07) is 0. The number of esters is 2. The maximum absolute atomic E-state index is 12.6. The Kier molecular flexibility index (Phi) is 34.2. The highest BCUT2D eigenvalue weighted by Gasteiger charge is 2.27. The molecule has 2 unspecified atom stereocenters. The van der Waals surface area contributed by atoms with Gasteiger partial charge in [-0.1, -0.05) is 146 Å². The van der Waals surface area contributed by atoms with Crippen LogP contribution in [0.4, 0.5) is 0 Å². The Hall–Kier alpha value is -2.11. The Morgan fingerprint density at radius 3 is 1.98 bits per heavy atom. The van der Waals surface area contributed by atoms with E-state index in [0.29, 0.717) is 19.3 Å². The number of aliphatic hydroxyl groups excluding tert-OH is 3. The van der Waals surface area contributed by atoms with Crippen molar-refractivity contribution in [3.05, 3.63) is 48.6 Å². The minimum Gasteiger partial charge on any atom is -0.462 e. The summed E-state index contributed by atoms with van der Waals surface area (Å²) < 4.78 is 32.5. The summed E-state index contributed by atoms with van der Waals surface area (Å²) in [4.78, 5) is 34.8. The predicted molar refractivity (Wildman–Crippen MR) is 211 cm³/mol. The second-order valence-corrected chi connectivity index (χ2v) is 15.2. The second kappa shape index (κ2) is 35.6. The smallest absolute Gasteiger partial charge is 0.462 e. The van der Waals surface area contributed by atoms with Gasteiger partial charge in [-0.2, -0.15) is 0 Å². The molecule has 0 fully saturated rings. The quantitative estimate of drug-likeness (QED) is 0.0158. The monoisotopic (exact) mass is 772 g/mol. The number of allylic oxidation sites excluding steroid dienone is 7. The zero-order chi connectivity index (χ0) is 39.4. The van der Waals surface area contributed by atoms with Gasteiger partial charge >= 0.3 is 19.8 Å². The Morgan fingerprint density at radius 2 is 1.30 bits per heavy atom. The molecule has 0 aromatic heterocycles. The first-order chi connectivity index (χ1) is 25.5. The van der Waals surface area contributed by atoms with Crippen LogP contribution in [0.5, 0.6) is 0 Å². The van der Waals surface area contributed by atoms with Crippen molar-refractivity contribution in [2.75, 3.05) is 26.4 Å².